The van der Waals surface area contributed by atoms with Gasteiger partial charge in [-0.1, -0.05) is 60.7 Å². The molecular formula is C22H27NO3. The summed E-state index contributed by atoms with van der Waals surface area (Å²) < 4.78 is 5.95. The Morgan fingerprint density at radius 2 is 1.77 bits per heavy atom. The SMILES string of the molecule is CC(c1ccccc1)N1CC(CCO)(COCc2ccccc2)CC1=O. The number of amides is 1. The maximum absolute atomic E-state index is 12.7. The highest BCUT2D eigenvalue weighted by Crippen LogP contribution is 2.39. The summed E-state index contributed by atoms with van der Waals surface area (Å²) in [5.74, 6) is 0.137. The Morgan fingerprint density at radius 1 is 1.12 bits per heavy atom. The molecule has 1 amide bonds. The Kier molecular flexibility index (Phi) is 6.07. The first-order valence-corrected chi connectivity index (χ1v) is 9.20. The van der Waals surface area contributed by atoms with Crippen molar-refractivity contribution in [1.82, 2.24) is 4.90 Å². The third kappa shape index (κ3) is 4.32. The number of aliphatic hydroxyl groups excluding tert-OH is 1. The molecule has 1 heterocycles. The zero-order valence-electron chi connectivity index (χ0n) is 15.3. The van der Waals surface area contributed by atoms with Crippen molar-refractivity contribution in [3.63, 3.8) is 0 Å². The molecule has 1 aliphatic rings. The molecule has 2 aromatic rings. The lowest BCUT2D eigenvalue weighted by atomic mass is 9.84. The number of hydrogen-bond donors (Lipinski definition) is 1. The van der Waals surface area contributed by atoms with Crippen molar-refractivity contribution in [2.24, 2.45) is 5.41 Å². The Hall–Kier alpha value is -2.17. The van der Waals surface area contributed by atoms with Crippen LogP contribution in [0.1, 0.15) is 36.9 Å². The van der Waals surface area contributed by atoms with Crippen molar-refractivity contribution in [3.8, 4) is 0 Å². The van der Waals surface area contributed by atoms with E-state index >= 15 is 0 Å². The molecule has 0 aliphatic carbocycles. The third-order valence-electron chi connectivity index (χ3n) is 5.26. The second-order valence-electron chi connectivity index (χ2n) is 7.24. The van der Waals surface area contributed by atoms with Crippen LogP contribution < -0.4 is 0 Å². The maximum atomic E-state index is 12.7. The number of ether oxygens (including phenoxy) is 1. The van der Waals surface area contributed by atoms with E-state index in [-0.39, 0.29) is 24.0 Å². The molecule has 26 heavy (non-hydrogen) atoms. The molecule has 1 fully saturated rings. The number of carbonyl (C=O) groups excluding carboxylic acids is 1. The highest BCUT2D eigenvalue weighted by atomic mass is 16.5. The minimum atomic E-state index is -0.316. The maximum Gasteiger partial charge on any atom is 0.223 e. The van der Waals surface area contributed by atoms with Crippen LogP contribution in [0.5, 0.6) is 0 Å². The fourth-order valence-electron chi connectivity index (χ4n) is 3.73. The van der Waals surface area contributed by atoms with Gasteiger partial charge in [-0.25, -0.2) is 0 Å². The second-order valence-corrected chi connectivity index (χ2v) is 7.24. The van der Waals surface area contributed by atoms with E-state index in [1.54, 1.807) is 0 Å². The van der Waals surface area contributed by atoms with Crippen molar-refractivity contribution in [2.75, 3.05) is 19.8 Å². The summed E-state index contributed by atoms with van der Waals surface area (Å²) in [4.78, 5) is 14.6. The molecule has 0 bridgehead atoms. The Morgan fingerprint density at radius 3 is 2.42 bits per heavy atom. The lowest BCUT2D eigenvalue weighted by molar-refractivity contribution is -0.129. The zero-order chi connectivity index (χ0) is 18.4. The first-order valence-electron chi connectivity index (χ1n) is 9.20. The third-order valence-corrected chi connectivity index (χ3v) is 5.26. The number of carbonyl (C=O) groups is 1. The number of rotatable bonds is 8. The molecule has 1 aliphatic heterocycles. The fraction of sp³-hybridized carbons (Fsp3) is 0.409. The van der Waals surface area contributed by atoms with Crippen molar-refractivity contribution in [3.05, 3.63) is 71.8 Å². The van der Waals surface area contributed by atoms with Crippen LogP contribution in [-0.2, 0) is 16.1 Å². The summed E-state index contributed by atoms with van der Waals surface area (Å²) in [7, 11) is 0. The topological polar surface area (TPSA) is 49.8 Å². The summed E-state index contributed by atoms with van der Waals surface area (Å²) in [6.07, 6.45) is 1.01. The quantitative estimate of drug-likeness (QED) is 0.789. The molecule has 2 atom stereocenters. The number of nitrogens with zero attached hydrogens (tertiary/aromatic N) is 1. The molecule has 0 saturated carbocycles. The highest BCUT2D eigenvalue weighted by Gasteiger charge is 2.44. The number of benzene rings is 2. The number of hydrogen-bond acceptors (Lipinski definition) is 3. The highest BCUT2D eigenvalue weighted by molar-refractivity contribution is 5.80. The average molecular weight is 353 g/mol. The van der Waals surface area contributed by atoms with Gasteiger partial charge in [0.2, 0.25) is 5.91 Å². The van der Waals surface area contributed by atoms with E-state index < -0.39 is 0 Å². The summed E-state index contributed by atoms with van der Waals surface area (Å²) >= 11 is 0. The average Bonchev–Trinajstić information content (AvgIpc) is 2.99. The van der Waals surface area contributed by atoms with Gasteiger partial charge in [0.25, 0.3) is 0 Å². The summed E-state index contributed by atoms with van der Waals surface area (Å²) in [5.41, 5.74) is 1.93. The Balaban J connectivity index is 1.66. The molecule has 4 nitrogen and oxygen atoms in total. The molecule has 0 aromatic heterocycles. The lowest BCUT2D eigenvalue weighted by Crippen LogP contribution is -2.34. The van der Waals surface area contributed by atoms with Gasteiger partial charge in [-0.2, -0.15) is 0 Å². The molecule has 0 spiro atoms. The molecule has 2 unspecified atom stereocenters. The standard InChI is InChI=1S/C22H27NO3/c1-18(20-10-6-3-7-11-20)23-16-22(12-13-24,14-21(23)25)17-26-15-19-8-4-2-5-9-19/h2-11,18,24H,12-17H2,1H3. The van der Waals surface area contributed by atoms with Crippen LogP contribution in [0.3, 0.4) is 0 Å². The van der Waals surface area contributed by atoms with E-state index in [1.807, 2.05) is 53.4 Å². The van der Waals surface area contributed by atoms with Crippen LogP contribution in [0.15, 0.2) is 60.7 Å². The van der Waals surface area contributed by atoms with E-state index in [0.717, 1.165) is 11.1 Å². The molecule has 1 saturated heterocycles. The zero-order valence-corrected chi connectivity index (χ0v) is 15.3. The molecule has 2 aromatic carbocycles. The number of likely N-dealkylation sites (tertiary alicyclic amines) is 1. The largest absolute Gasteiger partial charge is 0.396 e. The van der Waals surface area contributed by atoms with Gasteiger partial charge < -0.3 is 14.7 Å². The Bertz CT molecular complexity index is 704. The molecule has 138 valence electrons. The van der Waals surface area contributed by atoms with Crippen molar-refractivity contribution < 1.29 is 14.6 Å². The first kappa shape index (κ1) is 18.6. The fourth-order valence-corrected chi connectivity index (χ4v) is 3.73. The Labute approximate surface area is 155 Å². The smallest absolute Gasteiger partial charge is 0.223 e. The van der Waals surface area contributed by atoms with Crippen LogP contribution >= 0.6 is 0 Å². The monoisotopic (exact) mass is 353 g/mol. The normalized spacial score (nSPS) is 21.2. The van der Waals surface area contributed by atoms with Crippen LogP contribution in [0.25, 0.3) is 0 Å². The summed E-state index contributed by atoms with van der Waals surface area (Å²) in [5, 5.41) is 9.55. The second kappa shape index (κ2) is 8.47. The van der Waals surface area contributed by atoms with Gasteiger partial charge in [-0.05, 0) is 24.5 Å². The molecule has 1 N–H and O–H groups in total. The van der Waals surface area contributed by atoms with Gasteiger partial charge >= 0.3 is 0 Å². The molecule has 3 rings (SSSR count). The minimum absolute atomic E-state index is 0.0263. The number of aliphatic hydroxyl groups is 1. The van der Waals surface area contributed by atoms with Gasteiger partial charge in [-0.15, -0.1) is 0 Å². The predicted octanol–water partition coefficient (Wildman–Crippen LogP) is 3.57. The molecule has 4 heteroatoms. The van der Waals surface area contributed by atoms with Crippen molar-refractivity contribution in [1.29, 1.82) is 0 Å². The van der Waals surface area contributed by atoms with Crippen LogP contribution in [0.2, 0.25) is 0 Å². The summed E-state index contributed by atoms with van der Waals surface area (Å²) in [6.45, 7) is 3.75. The van der Waals surface area contributed by atoms with Gasteiger partial charge in [0.15, 0.2) is 0 Å². The van der Waals surface area contributed by atoms with E-state index in [4.69, 9.17) is 4.74 Å². The van der Waals surface area contributed by atoms with E-state index in [2.05, 4.69) is 19.1 Å². The van der Waals surface area contributed by atoms with Crippen molar-refractivity contribution >= 4 is 5.91 Å². The predicted molar refractivity (Wildman–Crippen MR) is 101 cm³/mol. The van der Waals surface area contributed by atoms with E-state index in [0.29, 0.717) is 32.6 Å². The van der Waals surface area contributed by atoms with Crippen LogP contribution in [0, 0.1) is 5.41 Å². The molecule has 0 radical (unpaired) electrons. The molecular weight excluding hydrogens is 326 g/mol. The lowest BCUT2D eigenvalue weighted by Gasteiger charge is -2.30. The first-order chi connectivity index (χ1) is 12.6. The minimum Gasteiger partial charge on any atom is -0.396 e. The van der Waals surface area contributed by atoms with Crippen molar-refractivity contribution in [2.45, 2.75) is 32.4 Å². The van der Waals surface area contributed by atoms with Crippen LogP contribution in [-0.4, -0.2) is 35.7 Å². The van der Waals surface area contributed by atoms with Gasteiger partial charge in [-0.3, -0.25) is 4.79 Å². The van der Waals surface area contributed by atoms with E-state index in [1.165, 1.54) is 0 Å². The van der Waals surface area contributed by atoms with Gasteiger partial charge in [0.05, 0.1) is 19.3 Å². The van der Waals surface area contributed by atoms with Gasteiger partial charge in [0.1, 0.15) is 0 Å². The van der Waals surface area contributed by atoms with E-state index in [9.17, 15) is 9.90 Å². The summed E-state index contributed by atoms with van der Waals surface area (Å²) in [6, 6.07) is 20.1. The van der Waals surface area contributed by atoms with Crippen LogP contribution in [0.4, 0.5) is 0 Å². The van der Waals surface area contributed by atoms with Gasteiger partial charge in [0, 0.05) is 25.0 Å².